The Kier molecular flexibility index (Phi) is 5.29. The molecule has 0 bridgehead atoms. The van der Waals surface area contributed by atoms with Gasteiger partial charge in [0.05, 0.1) is 21.7 Å². The van der Waals surface area contributed by atoms with Crippen LogP contribution in [-0.4, -0.2) is 33.6 Å². The maximum absolute atomic E-state index is 13.1. The summed E-state index contributed by atoms with van der Waals surface area (Å²) in [4.78, 5) is 45.4. The highest BCUT2D eigenvalue weighted by Crippen LogP contribution is 2.30. The van der Waals surface area contributed by atoms with E-state index in [1.807, 2.05) is 36.7 Å². The first-order chi connectivity index (χ1) is 14.0. The average molecular weight is 426 g/mol. The molecule has 0 aliphatic carbocycles. The Labute approximate surface area is 176 Å². The van der Waals surface area contributed by atoms with Crippen LogP contribution in [-0.2, 0) is 4.79 Å². The van der Waals surface area contributed by atoms with Gasteiger partial charge in [-0.05, 0) is 35.9 Å². The van der Waals surface area contributed by atoms with E-state index in [-0.39, 0.29) is 5.92 Å². The number of nitrogens with zero attached hydrogens (tertiary/aromatic N) is 2. The Balaban J connectivity index is 1.58. The Bertz CT molecular complexity index is 1040. The molecule has 0 saturated heterocycles. The number of thiazole rings is 1. The van der Waals surface area contributed by atoms with Crippen molar-refractivity contribution < 1.29 is 14.4 Å². The molecule has 4 rings (SSSR count). The molecule has 1 unspecified atom stereocenters. The SMILES string of the molecule is CC(C)CC(C(=O)Nc1nc(-c2cccs2)cs1)N1C(=O)c2ccccc2C1=O. The van der Waals surface area contributed by atoms with Crippen molar-refractivity contribution in [1.29, 1.82) is 0 Å². The van der Waals surface area contributed by atoms with E-state index in [0.29, 0.717) is 22.7 Å². The van der Waals surface area contributed by atoms with Crippen LogP contribution in [0.5, 0.6) is 0 Å². The van der Waals surface area contributed by atoms with E-state index >= 15 is 0 Å². The lowest BCUT2D eigenvalue weighted by Crippen LogP contribution is -2.47. The number of benzene rings is 1. The molecule has 0 saturated carbocycles. The predicted octanol–water partition coefficient (Wildman–Crippen LogP) is 4.52. The zero-order valence-electron chi connectivity index (χ0n) is 15.9. The third-order valence-corrected chi connectivity index (χ3v) is 6.29. The van der Waals surface area contributed by atoms with Crippen LogP contribution in [0.2, 0.25) is 0 Å². The third-order valence-electron chi connectivity index (χ3n) is 4.64. The normalized spacial score (nSPS) is 14.4. The van der Waals surface area contributed by atoms with Crippen molar-refractivity contribution >= 4 is 45.5 Å². The maximum Gasteiger partial charge on any atom is 0.262 e. The van der Waals surface area contributed by atoms with Crippen molar-refractivity contribution in [2.75, 3.05) is 5.32 Å². The van der Waals surface area contributed by atoms with E-state index in [2.05, 4.69) is 10.3 Å². The summed E-state index contributed by atoms with van der Waals surface area (Å²) < 4.78 is 0. The fraction of sp³-hybridized carbons (Fsp3) is 0.238. The maximum atomic E-state index is 13.1. The molecule has 2 aromatic heterocycles. The molecule has 3 amide bonds. The molecule has 3 aromatic rings. The molecule has 8 heteroatoms. The smallest absolute Gasteiger partial charge is 0.262 e. The first kappa shape index (κ1) is 19.5. The summed E-state index contributed by atoms with van der Waals surface area (Å²) in [6.07, 6.45) is 0.375. The fourth-order valence-corrected chi connectivity index (χ4v) is 4.80. The van der Waals surface area contributed by atoms with Gasteiger partial charge in [0.1, 0.15) is 6.04 Å². The second-order valence-corrected chi connectivity index (χ2v) is 8.98. The van der Waals surface area contributed by atoms with E-state index in [9.17, 15) is 14.4 Å². The summed E-state index contributed by atoms with van der Waals surface area (Å²) in [7, 11) is 0. The van der Waals surface area contributed by atoms with Crippen molar-refractivity contribution in [2.24, 2.45) is 5.92 Å². The summed E-state index contributed by atoms with van der Waals surface area (Å²) in [5, 5.41) is 7.09. The minimum atomic E-state index is -0.892. The molecule has 0 spiro atoms. The number of anilines is 1. The quantitative estimate of drug-likeness (QED) is 0.589. The van der Waals surface area contributed by atoms with Gasteiger partial charge in [-0.3, -0.25) is 19.3 Å². The molecule has 0 fully saturated rings. The predicted molar refractivity (Wildman–Crippen MR) is 114 cm³/mol. The summed E-state index contributed by atoms with van der Waals surface area (Å²) in [5.74, 6) is -1.14. The van der Waals surface area contributed by atoms with Gasteiger partial charge in [-0.1, -0.05) is 32.0 Å². The molecule has 29 heavy (non-hydrogen) atoms. The summed E-state index contributed by atoms with van der Waals surface area (Å²) >= 11 is 2.89. The molecule has 6 nitrogen and oxygen atoms in total. The van der Waals surface area contributed by atoms with Crippen molar-refractivity contribution in [3.63, 3.8) is 0 Å². The number of carbonyl (C=O) groups excluding carboxylic acids is 3. The monoisotopic (exact) mass is 425 g/mol. The second-order valence-electron chi connectivity index (χ2n) is 7.18. The van der Waals surface area contributed by atoms with E-state index in [1.165, 1.54) is 11.3 Å². The van der Waals surface area contributed by atoms with Crippen LogP contribution in [0, 0.1) is 5.92 Å². The molecule has 3 heterocycles. The summed E-state index contributed by atoms with van der Waals surface area (Å²) in [6.45, 7) is 3.91. The van der Waals surface area contributed by atoms with Crippen LogP contribution in [0.25, 0.3) is 10.6 Å². The number of fused-ring (bicyclic) bond motifs is 1. The van der Waals surface area contributed by atoms with Gasteiger partial charge >= 0.3 is 0 Å². The zero-order valence-corrected chi connectivity index (χ0v) is 17.5. The standard InChI is InChI=1S/C21H19N3O3S2/c1-12(2)10-16(24-19(26)13-6-3-4-7-14(13)20(24)27)18(25)23-21-22-15(11-29-21)17-8-5-9-28-17/h3-9,11-12,16H,10H2,1-2H3,(H,22,23,25). The van der Waals surface area contributed by atoms with Crippen LogP contribution in [0.15, 0.2) is 47.2 Å². The number of amides is 3. The summed E-state index contributed by atoms with van der Waals surface area (Å²) in [5.41, 5.74) is 1.48. The molecule has 0 radical (unpaired) electrons. The molecule has 1 aliphatic heterocycles. The van der Waals surface area contributed by atoms with Gasteiger partial charge < -0.3 is 5.32 Å². The van der Waals surface area contributed by atoms with E-state index in [1.54, 1.807) is 35.6 Å². The summed E-state index contributed by atoms with van der Waals surface area (Å²) in [6, 6.07) is 9.68. The molecule has 1 atom stereocenters. The van der Waals surface area contributed by atoms with Gasteiger partial charge in [0.2, 0.25) is 5.91 Å². The lowest BCUT2D eigenvalue weighted by molar-refractivity contribution is -0.120. The lowest BCUT2D eigenvalue weighted by Gasteiger charge is -2.26. The van der Waals surface area contributed by atoms with Gasteiger partial charge in [0.15, 0.2) is 5.13 Å². The zero-order chi connectivity index (χ0) is 20.5. The number of hydrogen-bond donors (Lipinski definition) is 1. The first-order valence-corrected chi connectivity index (χ1v) is 11.0. The van der Waals surface area contributed by atoms with Crippen molar-refractivity contribution in [3.05, 3.63) is 58.3 Å². The van der Waals surface area contributed by atoms with Crippen LogP contribution in [0.3, 0.4) is 0 Å². The van der Waals surface area contributed by atoms with Crippen molar-refractivity contribution in [2.45, 2.75) is 26.3 Å². The number of hydrogen-bond acceptors (Lipinski definition) is 6. The van der Waals surface area contributed by atoms with Crippen LogP contribution >= 0.6 is 22.7 Å². The Morgan fingerprint density at radius 2 is 1.76 bits per heavy atom. The average Bonchev–Trinajstić information content (AvgIpc) is 3.42. The lowest BCUT2D eigenvalue weighted by atomic mass is 10.0. The molecular formula is C21H19N3O3S2. The van der Waals surface area contributed by atoms with Gasteiger partial charge in [0, 0.05) is 5.38 Å². The molecular weight excluding hydrogens is 406 g/mol. The number of carbonyl (C=O) groups is 3. The number of thiophene rings is 1. The highest BCUT2D eigenvalue weighted by atomic mass is 32.1. The molecule has 1 aliphatic rings. The highest BCUT2D eigenvalue weighted by Gasteiger charge is 2.42. The molecule has 1 N–H and O–H groups in total. The Hall–Kier alpha value is -2.84. The van der Waals surface area contributed by atoms with Crippen LogP contribution in [0.1, 0.15) is 41.0 Å². The molecule has 1 aromatic carbocycles. The third kappa shape index (κ3) is 3.73. The number of imide groups is 1. The van der Waals surface area contributed by atoms with E-state index < -0.39 is 23.8 Å². The number of rotatable bonds is 6. The van der Waals surface area contributed by atoms with Crippen LogP contribution in [0.4, 0.5) is 5.13 Å². The van der Waals surface area contributed by atoms with Gasteiger partial charge in [-0.2, -0.15) is 0 Å². The van der Waals surface area contributed by atoms with Gasteiger partial charge in [-0.25, -0.2) is 4.98 Å². The Morgan fingerprint density at radius 3 is 2.34 bits per heavy atom. The highest BCUT2D eigenvalue weighted by molar-refractivity contribution is 7.16. The second kappa shape index (κ2) is 7.88. The minimum Gasteiger partial charge on any atom is -0.300 e. The van der Waals surface area contributed by atoms with E-state index in [4.69, 9.17) is 0 Å². The van der Waals surface area contributed by atoms with Crippen molar-refractivity contribution in [1.82, 2.24) is 9.88 Å². The largest absolute Gasteiger partial charge is 0.300 e. The van der Waals surface area contributed by atoms with Gasteiger partial charge in [0.25, 0.3) is 11.8 Å². The number of nitrogens with one attached hydrogen (secondary N) is 1. The van der Waals surface area contributed by atoms with Gasteiger partial charge in [-0.15, -0.1) is 22.7 Å². The number of aromatic nitrogens is 1. The van der Waals surface area contributed by atoms with E-state index in [0.717, 1.165) is 15.5 Å². The van der Waals surface area contributed by atoms with Crippen molar-refractivity contribution in [3.8, 4) is 10.6 Å². The minimum absolute atomic E-state index is 0.119. The Morgan fingerprint density at radius 1 is 1.07 bits per heavy atom. The molecule has 148 valence electrons. The van der Waals surface area contributed by atoms with Crippen LogP contribution < -0.4 is 5.32 Å². The fourth-order valence-electron chi connectivity index (χ4n) is 3.32. The topological polar surface area (TPSA) is 79.4 Å². The first-order valence-electron chi connectivity index (χ1n) is 9.23.